The molecule has 1 rings (SSSR count). The maximum Gasteiger partial charge on any atom is 0.203 e. The maximum absolute atomic E-state index is 5.76. The summed E-state index contributed by atoms with van der Waals surface area (Å²) in [7, 11) is 4.85. The largest absolute Gasteiger partial charge is 0.493 e. The van der Waals surface area contributed by atoms with Crippen molar-refractivity contribution in [2.75, 3.05) is 21.3 Å². The van der Waals surface area contributed by atoms with Crippen molar-refractivity contribution in [3.8, 4) is 17.2 Å². The molecule has 0 aromatic heterocycles. The molecule has 4 heteroatoms. The quantitative estimate of drug-likeness (QED) is 0.825. The Kier molecular flexibility index (Phi) is 5.10. The number of rotatable bonds is 6. The van der Waals surface area contributed by atoms with Crippen molar-refractivity contribution < 1.29 is 14.2 Å². The van der Waals surface area contributed by atoms with E-state index >= 15 is 0 Å². The summed E-state index contributed by atoms with van der Waals surface area (Å²) in [5.41, 5.74) is 6.85. The van der Waals surface area contributed by atoms with E-state index < -0.39 is 0 Å². The van der Waals surface area contributed by atoms with Crippen molar-refractivity contribution >= 4 is 0 Å². The Hall–Kier alpha value is -1.42. The summed E-state index contributed by atoms with van der Waals surface area (Å²) in [5.74, 6) is 2.04. The van der Waals surface area contributed by atoms with E-state index in [9.17, 15) is 0 Å². The van der Waals surface area contributed by atoms with Gasteiger partial charge in [0.2, 0.25) is 5.75 Å². The summed E-state index contributed by atoms with van der Waals surface area (Å²) in [6.07, 6.45) is 1.77. The topological polar surface area (TPSA) is 53.7 Å². The van der Waals surface area contributed by atoms with Gasteiger partial charge in [0.1, 0.15) is 0 Å². The van der Waals surface area contributed by atoms with Gasteiger partial charge in [-0.2, -0.15) is 0 Å². The summed E-state index contributed by atoms with van der Waals surface area (Å²) in [6.45, 7) is 1.99. The van der Waals surface area contributed by atoms with E-state index in [0.717, 1.165) is 24.2 Å². The lowest BCUT2D eigenvalue weighted by molar-refractivity contribution is 0.322. The normalized spacial score (nSPS) is 12.1. The second kappa shape index (κ2) is 6.35. The van der Waals surface area contributed by atoms with Crippen LogP contribution in [0, 0.1) is 0 Å². The molecule has 0 fully saturated rings. The molecule has 17 heavy (non-hydrogen) atoms. The van der Waals surface area contributed by atoms with Crippen LogP contribution in [-0.2, 0) is 6.42 Å². The van der Waals surface area contributed by atoms with Crippen LogP contribution < -0.4 is 19.9 Å². The molecule has 0 amide bonds. The molecule has 0 aliphatic carbocycles. The first kappa shape index (κ1) is 13.6. The zero-order valence-electron chi connectivity index (χ0n) is 10.9. The van der Waals surface area contributed by atoms with Crippen LogP contribution in [0.3, 0.4) is 0 Å². The molecule has 96 valence electrons. The average molecular weight is 239 g/mol. The minimum Gasteiger partial charge on any atom is -0.493 e. The van der Waals surface area contributed by atoms with E-state index in [4.69, 9.17) is 19.9 Å². The average Bonchev–Trinajstić information content (AvgIpc) is 2.34. The van der Waals surface area contributed by atoms with Gasteiger partial charge in [0.05, 0.1) is 21.3 Å². The van der Waals surface area contributed by atoms with Crippen molar-refractivity contribution in [3.63, 3.8) is 0 Å². The van der Waals surface area contributed by atoms with E-state index in [-0.39, 0.29) is 6.04 Å². The molecule has 0 spiro atoms. The van der Waals surface area contributed by atoms with E-state index in [1.54, 1.807) is 21.3 Å². The lowest BCUT2D eigenvalue weighted by Crippen LogP contribution is -2.15. The van der Waals surface area contributed by atoms with Crippen molar-refractivity contribution in [2.45, 2.75) is 25.8 Å². The molecule has 0 saturated carbocycles. The third kappa shape index (κ3) is 3.27. The van der Waals surface area contributed by atoms with Gasteiger partial charge in [-0.25, -0.2) is 0 Å². The van der Waals surface area contributed by atoms with E-state index in [0.29, 0.717) is 11.5 Å². The fourth-order valence-electron chi connectivity index (χ4n) is 1.74. The maximum atomic E-state index is 5.76. The third-order valence-corrected chi connectivity index (χ3v) is 2.65. The Morgan fingerprint density at radius 2 is 1.71 bits per heavy atom. The zero-order valence-corrected chi connectivity index (χ0v) is 10.9. The predicted octanol–water partition coefficient (Wildman–Crippen LogP) is 1.99. The van der Waals surface area contributed by atoms with Crippen LogP contribution in [-0.4, -0.2) is 27.4 Å². The summed E-state index contributed by atoms with van der Waals surface area (Å²) in [5, 5.41) is 0. The molecule has 1 atom stereocenters. The fourth-order valence-corrected chi connectivity index (χ4v) is 1.74. The first-order chi connectivity index (χ1) is 8.13. The first-order valence-electron chi connectivity index (χ1n) is 5.67. The molecule has 0 saturated heterocycles. The summed E-state index contributed by atoms with van der Waals surface area (Å²) in [6, 6.07) is 4.05. The number of aryl methyl sites for hydroxylation is 1. The van der Waals surface area contributed by atoms with Crippen molar-refractivity contribution in [2.24, 2.45) is 5.73 Å². The second-order valence-corrected chi connectivity index (χ2v) is 4.01. The van der Waals surface area contributed by atoms with Gasteiger partial charge in [-0.1, -0.05) is 6.07 Å². The van der Waals surface area contributed by atoms with Gasteiger partial charge < -0.3 is 19.9 Å². The number of ether oxygens (including phenoxy) is 3. The van der Waals surface area contributed by atoms with Crippen LogP contribution in [0.2, 0.25) is 0 Å². The van der Waals surface area contributed by atoms with Crippen molar-refractivity contribution in [1.29, 1.82) is 0 Å². The lowest BCUT2D eigenvalue weighted by atomic mass is 10.0. The highest BCUT2D eigenvalue weighted by Gasteiger charge is 2.15. The molecule has 1 aromatic carbocycles. The van der Waals surface area contributed by atoms with Crippen LogP contribution in [0.4, 0.5) is 0 Å². The van der Waals surface area contributed by atoms with E-state index in [2.05, 4.69) is 0 Å². The second-order valence-electron chi connectivity index (χ2n) is 4.01. The van der Waals surface area contributed by atoms with Gasteiger partial charge in [-0.05, 0) is 31.4 Å². The summed E-state index contributed by atoms with van der Waals surface area (Å²) in [4.78, 5) is 0. The standard InChI is InChI=1S/C13H21NO3/c1-9(14)5-6-10-7-8-11(15-2)13(17-4)12(10)16-3/h7-9H,5-6,14H2,1-4H3/t9-/m1/s1. The van der Waals surface area contributed by atoms with Crippen LogP contribution in [0.5, 0.6) is 17.2 Å². The molecule has 0 bridgehead atoms. The number of benzene rings is 1. The monoisotopic (exact) mass is 239 g/mol. The Morgan fingerprint density at radius 3 is 2.18 bits per heavy atom. The lowest BCUT2D eigenvalue weighted by Gasteiger charge is -2.16. The molecule has 0 aliphatic rings. The van der Waals surface area contributed by atoms with Gasteiger partial charge in [-0.3, -0.25) is 0 Å². The molecule has 2 N–H and O–H groups in total. The van der Waals surface area contributed by atoms with Crippen LogP contribution in [0.25, 0.3) is 0 Å². The van der Waals surface area contributed by atoms with Gasteiger partial charge in [0.15, 0.2) is 11.5 Å². The molecular formula is C13H21NO3. The zero-order chi connectivity index (χ0) is 12.8. The van der Waals surface area contributed by atoms with Crippen LogP contribution in [0.1, 0.15) is 18.9 Å². The van der Waals surface area contributed by atoms with Gasteiger partial charge in [0.25, 0.3) is 0 Å². The molecule has 0 unspecified atom stereocenters. The van der Waals surface area contributed by atoms with Gasteiger partial charge in [0, 0.05) is 6.04 Å². The van der Waals surface area contributed by atoms with E-state index in [1.165, 1.54) is 0 Å². The van der Waals surface area contributed by atoms with Crippen LogP contribution >= 0.6 is 0 Å². The minimum absolute atomic E-state index is 0.174. The minimum atomic E-state index is 0.174. The third-order valence-electron chi connectivity index (χ3n) is 2.65. The van der Waals surface area contributed by atoms with Gasteiger partial charge >= 0.3 is 0 Å². The van der Waals surface area contributed by atoms with Crippen molar-refractivity contribution in [1.82, 2.24) is 0 Å². The predicted molar refractivity (Wildman–Crippen MR) is 68.1 cm³/mol. The number of nitrogens with two attached hydrogens (primary N) is 1. The summed E-state index contributed by atoms with van der Waals surface area (Å²) >= 11 is 0. The van der Waals surface area contributed by atoms with E-state index in [1.807, 2.05) is 19.1 Å². The molecule has 0 aliphatic heterocycles. The first-order valence-corrected chi connectivity index (χ1v) is 5.67. The number of methoxy groups -OCH3 is 3. The summed E-state index contributed by atoms with van der Waals surface area (Å²) < 4.78 is 16.0. The number of hydrogen-bond donors (Lipinski definition) is 1. The molecule has 4 nitrogen and oxygen atoms in total. The SMILES string of the molecule is COc1ccc(CC[C@@H](C)N)c(OC)c1OC. The Balaban J connectivity index is 3.05. The van der Waals surface area contributed by atoms with Gasteiger partial charge in [-0.15, -0.1) is 0 Å². The fraction of sp³-hybridized carbons (Fsp3) is 0.538. The molecule has 0 radical (unpaired) electrons. The molecule has 1 aromatic rings. The highest BCUT2D eigenvalue weighted by molar-refractivity contribution is 5.55. The van der Waals surface area contributed by atoms with Crippen molar-refractivity contribution in [3.05, 3.63) is 17.7 Å². The smallest absolute Gasteiger partial charge is 0.203 e. The Bertz CT molecular complexity index is 364. The Labute approximate surface area is 103 Å². The molecule has 0 heterocycles. The highest BCUT2D eigenvalue weighted by Crippen LogP contribution is 2.40. The number of hydrogen-bond acceptors (Lipinski definition) is 4. The Morgan fingerprint density at radius 1 is 1.06 bits per heavy atom. The highest BCUT2D eigenvalue weighted by atomic mass is 16.5. The molecular weight excluding hydrogens is 218 g/mol. The van der Waals surface area contributed by atoms with Crippen LogP contribution in [0.15, 0.2) is 12.1 Å².